The van der Waals surface area contributed by atoms with Crippen molar-refractivity contribution in [2.24, 2.45) is 0 Å². The maximum atomic E-state index is 11.9. The van der Waals surface area contributed by atoms with Gasteiger partial charge in [-0.15, -0.1) is 0 Å². The highest BCUT2D eigenvalue weighted by molar-refractivity contribution is 5.89. The van der Waals surface area contributed by atoms with E-state index in [1.165, 1.54) is 24.7 Å². The van der Waals surface area contributed by atoms with Crippen LogP contribution in [0.2, 0.25) is 0 Å². The van der Waals surface area contributed by atoms with Crippen molar-refractivity contribution in [2.75, 3.05) is 0 Å². The van der Waals surface area contributed by atoms with Crippen LogP contribution >= 0.6 is 0 Å². The highest BCUT2D eigenvalue weighted by Gasteiger charge is 2.19. The van der Waals surface area contributed by atoms with Gasteiger partial charge in [-0.05, 0) is 49.6 Å². The lowest BCUT2D eigenvalue weighted by atomic mass is 9.96. The lowest BCUT2D eigenvalue weighted by molar-refractivity contribution is 0.0701. The molecule has 0 atom stereocenters. The van der Waals surface area contributed by atoms with Gasteiger partial charge in [0.2, 0.25) is 5.76 Å². The van der Waals surface area contributed by atoms with Gasteiger partial charge in [0.1, 0.15) is 17.1 Å². The molecular weight excluding hydrogens is 268 g/mol. The second kappa shape index (κ2) is 4.81. The molecule has 2 aromatic heterocycles. The van der Waals surface area contributed by atoms with Crippen LogP contribution in [0.3, 0.4) is 0 Å². The molecule has 106 valence electrons. The van der Waals surface area contributed by atoms with Gasteiger partial charge < -0.3 is 13.6 Å². The lowest BCUT2D eigenvalue weighted by Crippen LogP contribution is -2.07. The van der Waals surface area contributed by atoms with Crippen molar-refractivity contribution in [3.05, 3.63) is 53.7 Å². The molecule has 4 rings (SSSR count). The van der Waals surface area contributed by atoms with E-state index in [9.17, 15) is 4.79 Å². The summed E-state index contributed by atoms with van der Waals surface area (Å²) >= 11 is 0. The largest absolute Gasteiger partial charge is 0.461 e. The van der Waals surface area contributed by atoms with Crippen LogP contribution in [-0.4, -0.2) is 5.97 Å². The Morgan fingerprint density at radius 3 is 2.90 bits per heavy atom. The van der Waals surface area contributed by atoms with Gasteiger partial charge in [-0.25, -0.2) is 4.79 Å². The first-order valence-corrected chi connectivity index (χ1v) is 7.11. The number of aryl methyl sites for hydroxylation is 2. The maximum Gasteiger partial charge on any atom is 0.379 e. The third kappa shape index (κ3) is 2.13. The monoisotopic (exact) mass is 282 g/mol. The van der Waals surface area contributed by atoms with Crippen LogP contribution in [0.4, 0.5) is 0 Å². The first kappa shape index (κ1) is 12.3. The van der Waals surface area contributed by atoms with Crippen molar-refractivity contribution in [1.29, 1.82) is 0 Å². The molecule has 0 N–H and O–H groups in total. The minimum atomic E-state index is -0.489. The van der Waals surface area contributed by atoms with Gasteiger partial charge >= 0.3 is 5.97 Å². The Hall–Kier alpha value is -2.49. The number of benzene rings is 1. The van der Waals surface area contributed by atoms with Crippen molar-refractivity contribution < 1.29 is 18.4 Å². The Kier molecular flexibility index (Phi) is 2.81. The highest BCUT2D eigenvalue weighted by Crippen LogP contribution is 2.34. The Bertz CT molecular complexity index is 796. The van der Waals surface area contributed by atoms with Crippen molar-refractivity contribution in [3.63, 3.8) is 0 Å². The number of ether oxygens (including phenoxy) is 1. The number of carbonyl (C=O) groups is 1. The quantitative estimate of drug-likeness (QED) is 0.524. The second-order valence-electron chi connectivity index (χ2n) is 5.24. The van der Waals surface area contributed by atoms with Gasteiger partial charge in [0.25, 0.3) is 0 Å². The zero-order chi connectivity index (χ0) is 14.2. The van der Waals surface area contributed by atoms with E-state index < -0.39 is 5.97 Å². The molecule has 0 radical (unpaired) electrons. The summed E-state index contributed by atoms with van der Waals surface area (Å²) in [6, 6.07) is 8.73. The topological polar surface area (TPSA) is 52.6 Å². The van der Waals surface area contributed by atoms with Crippen LogP contribution in [0.5, 0.6) is 5.75 Å². The second-order valence-corrected chi connectivity index (χ2v) is 5.24. The highest BCUT2D eigenvalue weighted by atomic mass is 16.5. The Morgan fingerprint density at radius 1 is 1.14 bits per heavy atom. The first-order valence-electron chi connectivity index (χ1n) is 7.11. The minimum Gasteiger partial charge on any atom is -0.461 e. The third-order valence-corrected chi connectivity index (χ3v) is 3.86. The first-order chi connectivity index (χ1) is 10.3. The average molecular weight is 282 g/mol. The number of furan rings is 2. The molecular formula is C17H14O4. The zero-order valence-electron chi connectivity index (χ0n) is 11.4. The van der Waals surface area contributed by atoms with Crippen LogP contribution in [0.1, 0.15) is 34.7 Å². The van der Waals surface area contributed by atoms with Crippen LogP contribution < -0.4 is 4.74 Å². The molecule has 4 heteroatoms. The molecule has 0 saturated heterocycles. The number of hydrogen-bond donors (Lipinski definition) is 0. The van der Waals surface area contributed by atoms with Gasteiger partial charge in [0.15, 0.2) is 0 Å². The van der Waals surface area contributed by atoms with E-state index in [1.807, 2.05) is 12.1 Å². The molecule has 1 aromatic carbocycles. The molecule has 0 fully saturated rings. The van der Waals surface area contributed by atoms with Gasteiger partial charge in [-0.1, -0.05) is 0 Å². The van der Waals surface area contributed by atoms with E-state index in [-0.39, 0.29) is 5.76 Å². The third-order valence-electron chi connectivity index (χ3n) is 3.86. The van der Waals surface area contributed by atoms with Gasteiger partial charge in [-0.3, -0.25) is 0 Å². The predicted molar refractivity (Wildman–Crippen MR) is 76.5 cm³/mol. The fraction of sp³-hybridized carbons (Fsp3) is 0.235. The standard InChI is InChI=1S/C17H14O4/c18-17(16-6-3-9-19-16)20-11-7-8-15-13(10-11)12-4-1-2-5-14(12)21-15/h3,6-10H,1-2,4-5H2. The summed E-state index contributed by atoms with van der Waals surface area (Å²) in [5, 5.41) is 1.05. The summed E-state index contributed by atoms with van der Waals surface area (Å²) in [5.74, 6) is 1.30. The van der Waals surface area contributed by atoms with Crippen molar-refractivity contribution in [2.45, 2.75) is 25.7 Å². The molecule has 0 amide bonds. The summed E-state index contributed by atoms with van der Waals surface area (Å²) in [5.41, 5.74) is 2.12. The number of rotatable bonds is 2. The summed E-state index contributed by atoms with van der Waals surface area (Å²) in [7, 11) is 0. The summed E-state index contributed by atoms with van der Waals surface area (Å²) in [6.07, 6.45) is 5.82. The summed E-state index contributed by atoms with van der Waals surface area (Å²) in [6.45, 7) is 0. The van der Waals surface area contributed by atoms with E-state index in [1.54, 1.807) is 18.2 Å². The van der Waals surface area contributed by atoms with Gasteiger partial charge in [0, 0.05) is 17.4 Å². The molecule has 0 aliphatic heterocycles. The lowest BCUT2D eigenvalue weighted by Gasteiger charge is -2.08. The number of carbonyl (C=O) groups excluding carboxylic acids is 1. The SMILES string of the molecule is O=C(Oc1ccc2oc3c(c2c1)CCCC3)c1ccco1. The van der Waals surface area contributed by atoms with Crippen LogP contribution in [0.25, 0.3) is 11.0 Å². The fourth-order valence-corrected chi connectivity index (χ4v) is 2.86. The maximum absolute atomic E-state index is 11.9. The summed E-state index contributed by atoms with van der Waals surface area (Å²) < 4.78 is 16.3. The van der Waals surface area contributed by atoms with E-state index in [2.05, 4.69) is 0 Å². The predicted octanol–water partition coefficient (Wildman–Crippen LogP) is 4.12. The molecule has 4 nitrogen and oxygen atoms in total. The smallest absolute Gasteiger partial charge is 0.379 e. The fourth-order valence-electron chi connectivity index (χ4n) is 2.86. The van der Waals surface area contributed by atoms with E-state index in [0.29, 0.717) is 5.75 Å². The van der Waals surface area contributed by atoms with Crippen molar-refractivity contribution in [1.82, 2.24) is 0 Å². The molecule has 21 heavy (non-hydrogen) atoms. The van der Waals surface area contributed by atoms with Crippen LogP contribution in [-0.2, 0) is 12.8 Å². The molecule has 3 aromatic rings. The zero-order valence-corrected chi connectivity index (χ0v) is 11.4. The van der Waals surface area contributed by atoms with Gasteiger partial charge in [-0.2, -0.15) is 0 Å². The van der Waals surface area contributed by atoms with Crippen molar-refractivity contribution in [3.8, 4) is 5.75 Å². The van der Waals surface area contributed by atoms with E-state index in [4.69, 9.17) is 13.6 Å². The number of hydrogen-bond acceptors (Lipinski definition) is 4. The number of fused-ring (bicyclic) bond motifs is 3. The molecule has 0 bridgehead atoms. The summed E-state index contributed by atoms with van der Waals surface area (Å²) in [4.78, 5) is 11.9. The van der Waals surface area contributed by atoms with E-state index >= 15 is 0 Å². The Morgan fingerprint density at radius 2 is 2.05 bits per heavy atom. The molecule has 0 unspecified atom stereocenters. The molecule has 1 aliphatic carbocycles. The van der Waals surface area contributed by atoms with Crippen molar-refractivity contribution >= 4 is 16.9 Å². The Labute approximate surface area is 121 Å². The van der Waals surface area contributed by atoms with Crippen LogP contribution in [0, 0.1) is 0 Å². The van der Waals surface area contributed by atoms with Crippen LogP contribution in [0.15, 0.2) is 45.4 Å². The molecule has 1 aliphatic rings. The average Bonchev–Trinajstić information content (AvgIpc) is 3.14. The normalized spacial score (nSPS) is 14.1. The molecule has 0 spiro atoms. The Balaban J connectivity index is 1.68. The number of esters is 1. The molecule has 2 heterocycles. The van der Waals surface area contributed by atoms with Gasteiger partial charge in [0.05, 0.1) is 6.26 Å². The molecule has 0 saturated carbocycles. The minimum absolute atomic E-state index is 0.198. The van der Waals surface area contributed by atoms with E-state index in [0.717, 1.165) is 29.6 Å².